The van der Waals surface area contributed by atoms with Gasteiger partial charge in [-0.2, -0.15) is 0 Å². The summed E-state index contributed by atoms with van der Waals surface area (Å²) in [7, 11) is 2.97. The van der Waals surface area contributed by atoms with Gasteiger partial charge >= 0.3 is 0 Å². The normalized spacial score (nSPS) is 15.8. The van der Waals surface area contributed by atoms with Gasteiger partial charge in [0.05, 0.1) is 30.6 Å². The molecule has 0 fully saturated rings. The van der Waals surface area contributed by atoms with E-state index in [0.29, 0.717) is 39.4 Å². The first-order valence-corrected chi connectivity index (χ1v) is 8.49. The van der Waals surface area contributed by atoms with Crippen LogP contribution < -0.4 is 14.8 Å². The third-order valence-electron chi connectivity index (χ3n) is 3.88. The average molecular weight is 395 g/mol. The lowest BCUT2D eigenvalue weighted by Gasteiger charge is -2.14. The van der Waals surface area contributed by atoms with Crippen molar-refractivity contribution in [2.24, 2.45) is 5.16 Å². The first-order valence-electron chi connectivity index (χ1n) is 7.73. The van der Waals surface area contributed by atoms with Crippen LogP contribution in [0.2, 0.25) is 10.0 Å². The average Bonchev–Trinajstić information content (AvgIpc) is 3.13. The van der Waals surface area contributed by atoms with Crippen LogP contribution in [0.15, 0.2) is 41.6 Å². The molecule has 1 heterocycles. The van der Waals surface area contributed by atoms with Gasteiger partial charge in [0.25, 0.3) is 5.91 Å². The van der Waals surface area contributed by atoms with E-state index in [0.717, 1.165) is 5.56 Å². The molecule has 0 saturated heterocycles. The second kappa shape index (κ2) is 7.85. The number of nitrogens with zero attached hydrogens (tertiary/aromatic N) is 1. The van der Waals surface area contributed by atoms with E-state index in [1.807, 2.05) is 18.2 Å². The van der Waals surface area contributed by atoms with E-state index >= 15 is 0 Å². The number of halogens is 2. The molecule has 0 aliphatic carbocycles. The Kier molecular flexibility index (Phi) is 5.54. The van der Waals surface area contributed by atoms with E-state index in [9.17, 15) is 4.79 Å². The van der Waals surface area contributed by atoms with Crippen LogP contribution in [0.4, 0.5) is 5.69 Å². The third kappa shape index (κ3) is 3.71. The molecule has 2 aromatic carbocycles. The molecule has 3 rings (SSSR count). The van der Waals surface area contributed by atoms with Crippen LogP contribution in [-0.4, -0.2) is 31.9 Å². The fourth-order valence-electron chi connectivity index (χ4n) is 2.54. The Morgan fingerprint density at radius 1 is 1.15 bits per heavy atom. The highest BCUT2D eigenvalue weighted by Gasteiger charge is 2.30. The van der Waals surface area contributed by atoms with Crippen LogP contribution >= 0.6 is 23.2 Å². The molecule has 136 valence electrons. The number of benzene rings is 2. The Morgan fingerprint density at radius 3 is 2.58 bits per heavy atom. The Morgan fingerprint density at radius 2 is 1.88 bits per heavy atom. The topological polar surface area (TPSA) is 69.2 Å². The molecule has 0 spiro atoms. The fraction of sp³-hybridized carbons (Fsp3) is 0.222. The van der Waals surface area contributed by atoms with Crippen LogP contribution in [0.3, 0.4) is 0 Å². The number of oxime groups is 1. The van der Waals surface area contributed by atoms with Crippen molar-refractivity contribution >= 4 is 40.5 Å². The zero-order chi connectivity index (χ0) is 18.7. The third-order valence-corrected chi connectivity index (χ3v) is 4.50. The summed E-state index contributed by atoms with van der Waals surface area (Å²) in [6, 6.07) is 10.4. The summed E-state index contributed by atoms with van der Waals surface area (Å²) in [6.45, 7) is 0. The minimum absolute atomic E-state index is 0.308. The molecule has 0 aromatic heterocycles. The summed E-state index contributed by atoms with van der Waals surface area (Å²) >= 11 is 12.2. The molecule has 1 unspecified atom stereocenters. The lowest BCUT2D eigenvalue weighted by Crippen LogP contribution is -2.28. The van der Waals surface area contributed by atoms with Gasteiger partial charge in [-0.05, 0) is 6.07 Å². The Balaban J connectivity index is 1.73. The first-order chi connectivity index (χ1) is 12.5. The van der Waals surface area contributed by atoms with Crippen molar-refractivity contribution in [3.8, 4) is 11.5 Å². The van der Waals surface area contributed by atoms with E-state index in [-0.39, 0.29) is 5.91 Å². The molecule has 1 aliphatic heterocycles. The van der Waals surface area contributed by atoms with Crippen molar-refractivity contribution in [1.29, 1.82) is 0 Å². The summed E-state index contributed by atoms with van der Waals surface area (Å²) in [4.78, 5) is 17.8. The number of nitrogens with one attached hydrogen (secondary N) is 1. The second-order valence-electron chi connectivity index (χ2n) is 5.49. The van der Waals surface area contributed by atoms with E-state index in [1.54, 1.807) is 18.2 Å². The Hall–Kier alpha value is -2.44. The van der Waals surface area contributed by atoms with Gasteiger partial charge in [0.1, 0.15) is 11.5 Å². The molecule has 1 amide bonds. The lowest BCUT2D eigenvalue weighted by atomic mass is 10.0. The number of carbonyl (C=O) groups is 1. The predicted molar refractivity (Wildman–Crippen MR) is 101 cm³/mol. The molecule has 0 bridgehead atoms. The molecule has 1 aliphatic rings. The van der Waals surface area contributed by atoms with Gasteiger partial charge in [-0.25, -0.2) is 0 Å². The highest BCUT2D eigenvalue weighted by molar-refractivity contribution is 6.34. The van der Waals surface area contributed by atoms with Crippen molar-refractivity contribution in [3.63, 3.8) is 0 Å². The molecule has 0 saturated carbocycles. The smallest absolute Gasteiger partial charge is 0.268 e. The van der Waals surface area contributed by atoms with Gasteiger partial charge in [-0.3, -0.25) is 4.79 Å². The number of anilines is 1. The SMILES string of the molecule is COc1cc(NC(=O)C2CC(c3ccccc3Cl)=NO2)c(OC)cc1Cl. The van der Waals surface area contributed by atoms with E-state index in [1.165, 1.54) is 14.2 Å². The van der Waals surface area contributed by atoms with Crippen LogP contribution in [-0.2, 0) is 9.63 Å². The minimum atomic E-state index is -0.771. The molecule has 1 N–H and O–H groups in total. The van der Waals surface area contributed by atoms with Crippen LogP contribution in [0.25, 0.3) is 0 Å². The summed E-state index contributed by atoms with van der Waals surface area (Å²) in [6.07, 6.45) is -0.463. The van der Waals surface area contributed by atoms with Gasteiger partial charge in [0.2, 0.25) is 6.10 Å². The van der Waals surface area contributed by atoms with Crippen LogP contribution in [0.1, 0.15) is 12.0 Å². The first kappa shape index (κ1) is 18.4. The molecule has 8 heteroatoms. The number of rotatable bonds is 5. The van der Waals surface area contributed by atoms with Gasteiger partial charge in [0.15, 0.2) is 0 Å². The Labute approximate surface area is 160 Å². The molecule has 2 aromatic rings. The summed E-state index contributed by atoms with van der Waals surface area (Å²) < 4.78 is 10.4. The van der Waals surface area contributed by atoms with Gasteiger partial charge < -0.3 is 19.6 Å². The number of amides is 1. The molecule has 0 radical (unpaired) electrons. The van der Waals surface area contributed by atoms with E-state index in [2.05, 4.69) is 10.5 Å². The zero-order valence-electron chi connectivity index (χ0n) is 14.1. The zero-order valence-corrected chi connectivity index (χ0v) is 15.6. The van der Waals surface area contributed by atoms with Crippen LogP contribution in [0.5, 0.6) is 11.5 Å². The molecule has 26 heavy (non-hydrogen) atoms. The maximum Gasteiger partial charge on any atom is 0.268 e. The van der Waals surface area contributed by atoms with Gasteiger partial charge in [-0.15, -0.1) is 0 Å². The standard InChI is InChI=1S/C18H16Cl2N2O4/c1-24-15-9-14(16(25-2)7-12(15)20)21-18(23)17-8-13(22-26-17)10-5-3-4-6-11(10)19/h3-7,9,17H,8H2,1-2H3,(H,21,23). The van der Waals surface area contributed by atoms with Crippen molar-refractivity contribution < 1.29 is 19.1 Å². The van der Waals surface area contributed by atoms with Crippen LogP contribution in [0, 0.1) is 0 Å². The number of hydrogen-bond acceptors (Lipinski definition) is 5. The molecular formula is C18H16Cl2N2O4. The fourth-order valence-corrected chi connectivity index (χ4v) is 3.02. The van der Waals surface area contributed by atoms with Gasteiger partial charge in [0, 0.05) is 29.1 Å². The van der Waals surface area contributed by atoms with E-state index < -0.39 is 6.10 Å². The monoisotopic (exact) mass is 394 g/mol. The van der Waals surface area contributed by atoms with Gasteiger partial charge in [-0.1, -0.05) is 46.6 Å². The predicted octanol–water partition coefficient (Wildman–Crippen LogP) is 4.14. The molecule has 6 nitrogen and oxygen atoms in total. The van der Waals surface area contributed by atoms with Crippen molar-refractivity contribution in [2.45, 2.75) is 12.5 Å². The maximum atomic E-state index is 12.6. The highest BCUT2D eigenvalue weighted by Crippen LogP contribution is 2.36. The maximum absolute atomic E-state index is 12.6. The highest BCUT2D eigenvalue weighted by atomic mass is 35.5. The second-order valence-corrected chi connectivity index (χ2v) is 6.31. The number of methoxy groups -OCH3 is 2. The molecular weight excluding hydrogens is 379 g/mol. The van der Waals surface area contributed by atoms with Crippen molar-refractivity contribution in [2.75, 3.05) is 19.5 Å². The number of ether oxygens (including phenoxy) is 2. The van der Waals surface area contributed by atoms with Crippen molar-refractivity contribution in [1.82, 2.24) is 0 Å². The minimum Gasteiger partial charge on any atom is -0.495 e. The number of carbonyl (C=O) groups excluding carboxylic acids is 1. The summed E-state index contributed by atoms with van der Waals surface area (Å²) in [5.74, 6) is 0.469. The quantitative estimate of drug-likeness (QED) is 0.826. The lowest BCUT2D eigenvalue weighted by molar-refractivity contribution is -0.125. The summed E-state index contributed by atoms with van der Waals surface area (Å²) in [5.41, 5.74) is 1.79. The van der Waals surface area contributed by atoms with Crippen molar-refractivity contribution in [3.05, 3.63) is 52.0 Å². The molecule has 1 atom stereocenters. The number of hydrogen-bond donors (Lipinski definition) is 1. The Bertz CT molecular complexity index is 870. The summed E-state index contributed by atoms with van der Waals surface area (Å²) in [5, 5.41) is 7.69. The van der Waals surface area contributed by atoms with E-state index in [4.69, 9.17) is 37.5 Å². The largest absolute Gasteiger partial charge is 0.495 e.